The summed E-state index contributed by atoms with van der Waals surface area (Å²) in [5, 5.41) is 5.27. The minimum absolute atomic E-state index is 0.0578. The van der Waals surface area contributed by atoms with E-state index in [4.69, 9.17) is 0 Å². The molecule has 0 aromatic heterocycles. The summed E-state index contributed by atoms with van der Waals surface area (Å²) in [7, 11) is 0. The zero-order valence-corrected chi connectivity index (χ0v) is 15.1. The van der Waals surface area contributed by atoms with E-state index in [9.17, 15) is 22.8 Å². The minimum Gasteiger partial charge on any atom is -0.359 e. The van der Waals surface area contributed by atoms with Crippen molar-refractivity contribution in [1.82, 2.24) is 5.32 Å². The van der Waals surface area contributed by atoms with Crippen LogP contribution in [0.2, 0.25) is 0 Å². The van der Waals surface area contributed by atoms with Crippen molar-refractivity contribution in [3.63, 3.8) is 0 Å². The van der Waals surface area contributed by atoms with E-state index in [1.54, 1.807) is 60.7 Å². The second-order valence-electron chi connectivity index (χ2n) is 6.23. The maximum atomic E-state index is 13.0. The summed E-state index contributed by atoms with van der Waals surface area (Å²) in [6.45, 7) is 0. The molecule has 0 heterocycles. The van der Waals surface area contributed by atoms with Crippen molar-refractivity contribution in [3.05, 3.63) is 102 Å². The first-order chi connectivity index (χ1) is 13.8. The molecule has 3 aromatic carbocycles. The van der Waals surface area contributed by atoms with Crippen LogP contribution in [0.1, 0.15) is 26.3 Å². The first-order valence-electron chi connectivity index (χ1n) is 8.73. The summed E-state index contributed by atoms with van der Waals surface area (Å²) in [6.07, 6.45) is -5.78. The molecule has 0 saturated carbocycles. The van der Waals surface area contributed by atoms with Crippen LogP contribution in [0.25, 0.3) is 0 Å². The molecule has 1 amide bonds. The van der Waals surface area contributed by atoms with Gasteiger partial charge in [0.25, 0.3) is 5.91 Å². The van der Waals surface area contributed by atoms with Gasteiger partial charge in [-0.25, -0.2) is 0 Å². The van der Waals surface area contributed by atoms with E-state index >= 15 is 0 Å². The second-order valence-corrected chi connectivity index (χ2v) is 6.23. The van der Waals surface area contributed by atoms with Crippen LogP contribution >= 0.6 is 0 Å². The standard InChI is InChI=1S/C22H17F3N2O2/c23-22(24,25)17-12-7-13-18(14-17)26-20(19(28)15-8-3-1-4-9-15)27-21(29)16-10-5-2-6-11-16/h1-14,20,26H,(H,27,29)/t20-/m0/s1. The SMILES string of the molecule is O=C(N[C@H](Nc1cccc(C(F)(F)F)c1)C(=O)c1ccccc1)c1ccccc1. The third kappa shape index (κ3) is 5.22. The fraction of sp³-hybridized carbons (Fsp3) is 0.0909. The molecule has 0 spiro atoms. The molecule has 4 nitrogen and oxygen atoms in total. The fourth-order valence-electron chi connectivity index (χ4n) is 2.69. The highest BCUT2D eigenvalue weighted by Crippen LogP contribution is 2.30. The molecule has 0 bridgehead atoms. The average molecular weight is 398 g/mol. The summed E-state index contributed by atoms with van der Waals surface area (Å²) in [4.78, 5) is 25.4. The first-order valence-corrected chi connectivity index (χ1v) is 8.73. The topological polar surface area (TPSA) is 58.2 Å². The van der Waals surface area contributed by atoms with E-state index in [0.29, 0.717) is 11.1 Å². The summed E-state index contributed by atoms with van der Waals surface area (Å²) in [6, 6.07) is 20.9. The molecule has 0 saturated heterocycles. The van der Waals surface area contributed by atoms with E-state index in [1.807, 2.05) is 0 Å². The molecule has 0 unspecified atom stereocenters. The molecular formula is C22H17F3N2O2. The molecule has 0 aliphatic heterocycles. The van der Waals surface area contributed by atoms with E-state index in [-0.39, 0.29) is 5.69 Å². The van der Waals surface area contributed by atoms with Crippen molar-refractivity contribution in [1.29, 1.82) is 0 Å². The maximum Gasteiger partial charge on any atom is 0.416 e. The number of anilines is 1. The zero-order chi connectivity index (χ0) is 20.9. The number of benzene rings is 3. The van der Waals surface area contributed by atoms with Crippen LogP contribution in [-0.4, -0.2) is 17.9 Å². The molecule has 29 heavy (non-hydrogen) atoms. The van der Waals surface area contributed by atoms with Crippen LogP contribution < -0.4 is 10.6 Å². The number of alkyl halides is 3. The Hall–Kier alpha value is -3.61. The van der Waals surface area contributed by atoms with Crippen LogP contribution in [-0.2, 0) is 6.18 Å². The third-order valence-corrected chi connectivity index (χ3v) is 4.13. The number of carbonyl (C=O) groups excluding carboxylic acids is 2. The van der Waals surface area contributed by atoms with Crippen molar-refractivity contribution in [2.24, 2.45) is 0 Å². The number of nitrogens with one attached hydrogen (secondary N) is 2. The third-order valence-electron chi connectivity index (χ3n) is 4.13. The number of rotatable bonds is 6. The Bertz CT molecular complexity index is 990. The van der Waals surface area contributed by atoms with E-state index in [0.717, 1.165) is 12.1 Å². The van der Waals surface area contributed by atoms with Crippen LogP contribution in [0.3, 0.4) is 0 Å². The number of Topliss-reactive ketones (excluding diaryl/α,β-unsaturated/α-hetero) is 1. The molecule has 3 rings (SSSR count). The normalized spacial score (nSPS) is 12.1. The number of hydrogen-bond acceptors (Lipinski definition) is 3. The molecule has 2 N–H and O–H groups in total. The van der Waals surface area contributed by atoms with Gasteiger partial charge >= 0.3 is 6.18 Å². The Labute approximate surface area is 165 Å². The Morgan fingerprint density at radius 3 is 1.93 bits per heavy atom. The summed E-state index contributed by atoms with van der Waals surface area (Å²) in [5.41, 5.74) is -0.167. The van der Waals surface area contributed by atoms with E-state index < -0.39 is 29.6 Å². The van der Waals surface area contributed by atoms with Gasteiger partial charge in [-0.1, -0.05) is 54.6 Å². The van der Waals surface area contributed by atoms with Crippen molar-refractivity contribution in [2.75, 3.05) is 5.32 Å². The average Bonchev–Trinajstić information content (AvgIpc) is 2.73. The van der Waals surface area contributed by atoms with Gasteiger partial charge in [0.1, 0.15) is 0 Å². The first kappa shape index (κ1) is 20.1. The molecule has 7 heteroatoms. The summed E-state index contributed by atoms with van der Waals surface area (Å²) < 4.78 is 39.0. The van der Waals surface area contributed by atoms with Crippen molar-refractivity contribution >= 4 is 17.4 Å². The van der Waals surface area contributed by atoms with Gasteiger partial charge in [-0.15, -0.1) is 0 Å². The van der Waals surface area contributed by atoms with Crippen molar-refractivity contribution < 1.29 is 22.8 Å². The number of ketones is 1. The van der Waals surface area contributed by atoms with Crippen LogP contribution in [0.4, 0.5) is 18.9 Å². The lowest BCUT2D eigenvalue weighted by atomic mass is 10.1. The molecule has 1 atom stereocenters. The Kier molecular flexibility index (Phi) is 5.97. The molecule has 148 valence electrons. The van der Waals surface area contributed by atoms with Gasteiger partial charge in [0, 0.05) is 16.8 Å². The molecule has 3 aromatic rings. The minimum atomic E-state index is -4.52. The lowest BCUT2D eigenvalue weighted by Crippen LogP contribution is -2.46. The number of halogens is 3. The zero-order valence-electron chi connectivity index (χ0n) is 15.1. The van der Waals surface area contributed by atoms with Gasteiger partial charge in [0.15, 0.2) is 6.17 Å². The fourth-order valence-corrected chi connectivity index (χ4v) is 2.69. The van der Waals surface area contributed by atoms with Gasteiger partial charge < -0.3 is 10.6 Å². The maximum absolute atomic E-state index is 13.0. The predicted molar refractivity (Wildman–Crippen MR) is 104 cm³/mol. The van der Waals surface area contributed by atoms with Gasteiger partial charge in [-0.3, -0.25) is 9.59 Å². The molecule has 0 radical (unpaired) electrons. The molecule has 0 aliphatic rings. The monoisotopic (exact) mass is 398 g/mol. The van der Waals surface area contributed by atoms with Crippen molar-refractivity contribution in [2.45, 2.75) is 12.3 Å². The Balaban J connectivity index is 1.89. The van der Waals surface area contributed by atoms with Gasteiger partial charge in [0.2, 0.25) is 5.78 Å². The highest BCUT2D eigenvalue weighted by atomic mass is 19.4. The Morgan fingerprint density at radius 1 is 0.759 bits per heavy atom. The van der Waals surface area contributed by atoms with E-state index in [1.165, 1.54) is 12.1 Å². The lowest BCUT2D eigenvalue weighted by molar-refractivity contribution is -0.137. The van der Waals surface area contributed by atoms with Gasteiger partial charge in [-0.05, 0) is 30.3 Å². The number of hydrogen-bond donors (Lipinski definition) is 2. The second kappa shape index (κ2) is 8.60. The van der Waals surface area contributed by atoms with Gasteiger partial charge in [-0.2, -0.15) is 13.2 Å². The highest BCUT2D eigenvalue weighted by molar-refractivity contribution is 6.05. The van der Waals surface area contributed by atoms with E-state index in [2.05, 4.69) is 10.6 Å². The molecule has 0 aliphatic carbocycles. The quantitative estimate of drug-likeness (QED) is 0.465. The summed E-state index contributed by atoms with van der Waals surface area (Å²) >= 11 is 0. The predicted octanol–water partition coefficient (Wildman–Crippen LogP) is 4.76. The van der Waals surface area contributed by atoms with Crippen LogP contribution in [0.15, 0.2) is 84.9 Å². The largest absolute Gasteiger partial charge is 0.416 e. The van der Waals surface area contributed by atoms with Crippen LogP contribution in [0.5, 0.6) is 0 Å². The number of carbonyl (C=O) groups is 2. The van der Waals surface area contributed by atoms with Gasteiger partial charge in [0.05, 0.1) is 5.56 Å². The Morgan fingerprint density at radius 2 is 1.34 bits per heavy atom. The lowest BCUT2D eigenvalue weighted by Gasteiger charge is -2.21. The highest BCUT2D eigenvalue weighted by Gasteiger charge is 2.31. The smallest absolute Gasteiger partial charge is 0.359 e. The molecular weight excluding hydrogens is 381 g/mol. The molecule has 0 fully saturated rings. The van der Waals surface area contributed by atoms with Crippen molar-refractivity contribution in [3.8, 4) is 0 Å². The number of amides is 1. The van der Waals surface area contributed by atoms with Crippen LogP contribution in [0, 0.1) is 0 Å². The summed E-state index contributed by atoms with van der Waals surface area (Å²) in [5.74, 6) is -1.01.